The third-order valence-electron chi connectivity index (χ3n) is 6.97. The van der Waals surface area contributed by atoms with Crippen LogP contribution in [0.25, 0.3) is 0 Å². The molecule has 230 valence electrons. The first-order valence-corrected chi connectivity index (χ1v) is 16.5. The molecule has 0 saturated heterocycles. The minimum absolute atomic E-state index is 0.0152. The molecular weight excluding hydrogens is 590 g/mol. The van der Waals surface area contributed by atoms with Crippen molar-refractivity contribution in [2.45, 2.75) is 51.7 Å². The molecule has 3 aromatic carbocycles. The zero-order chi connectivity index (χ0) is 31.0. The second-order valence-corrected chi connectivity index (χ2v) is 13.1. The molecule has 4 rings (SSSR count). The lowest BCUT2D eigenvalue weighted by Crippen LogP contribution is -2.51. The number of halogens is 1. The SMILES string of the molecule is CC(C)NC(=O)[C@@H](Cc1ccccc1)N(Cc1ccccc1Cl)C(=O)CCCN(c1ccc2c(c1)OCCO2)S(C)(=O)=O. The Labute approximate surface area is 258 Å². The lowest BCUT2D eigenvalue weighted by Gasteiger charge is -2.32. The van der Waals surface area contributed by atoms with Crippen molar-refractivity contribution in [3.63, 3.8) is 0 Å². The Morgan fingerprint density at radius 2 is 1.63 bits per heavy atom. The van der Waals surface area contributed by atoms with Crippen LogP contribution in [0, 0.1) is 0 Å². The fourth-order valence-corrected chi connectivity index (χ4v) is 6.09. The summed E-state index contributed by atoms with van der Waals surface area (Å²) < 4.78 is 38.0. The van der Waals surface area contributed by atoms with E-state index in [1.165, 1.54) is 4.31 Å². The van der Waals surface area contributed by atoms with Crippen LogP contribution in [0.1, 0.15) is 37.8 Å². The largest absolute Gasteiger partial charge is 0.486 e. The number of hydrogen-bond acceptors (Lipinski definition) is 6. The van der Waals surface area contributed by atoms with Gasteiger partial charge in [-0.05, 0) is 49.6 Å². The molecule has 3 aromatic rings. The van der Waals surface area contributed by atoms with Gasteiger partial charge in [0.15, 0.2) is 11.5 Å². The molecule has 0 saturated carbocycles. The third kappa shape index (κ3) is 8.87. The number of nitrogens with one attached hydrogen (secondary N) is 1. The fourth-order valence-electron chi connectivity index (χ4n) is 4.94. The predicted molar refractivity (Wildman–Crippen MR) is 168 cm³/mol. The zero-order valence-electron chi connectivity index (χ0n) is 24.7. The number of amides is 2. The van der Waals surface area contributed by atoms with Crippen molar-refractivity contribution in [2.24, 2.45) is 0 Å². The van der Waals surface area contributed by atoms with Crippen LogP contribution in [0.15, 0.2) is 72.8 Å². The Morgan fingerprint density at radius 3 is 2.30 bits per heavy atom. The Hall–Kier alpha value is -3.76. The number of rotatable bonds is 13. The van der Waals surface area contributed by atoms with Gasteiger partial charge in [0, 0.05) is 43.1 Å². The lowest BCUT2D eigenvalue weighted by atomic mass is 10.0. The number of carbonyl (C=O) groups is 2. The van der Waals surface area contributed by atoms with E-state index in [1.54, 1.807) is 29.2 Å². The van der Waals surface area contributed by atoms with Crippen LogP contribution in [0.2, 0.25) is 5.02 Å². The van der Waals surface area contributed by atoms with E-state index in [0.29, 0.717) is 47.4 Å². The summed E-state index contributed by atoms with van der Waals surface area (Å²) in [5, 5.41) is 3.45. The van der Waals surface area contributed by atoms with Crippen molar-refractivity contribution in [3.05, 3.63) is 88.9 Å². The molecule has 0 radical (unpaired) electrons. The Bertz CT molecular complexity index is 1520. The molecule has 0 spiro atoms. The molecule has 1 aliphatic heterocycles. The van der Waals surface area contributed by atoms with Gasteiger partial charge >= 0.3 is 0 Å². The first-order valence-electron chi connectivity index (χ1n) is 14.3. The first kappa shape index (κ1) is 32.2. The Morgan fingerprint density at radius 1 is 0.953 bits per heavy atom. The summed E-state index contributed by atoms with van der Waals surface area (Å²) in [5.74, 6) is 0.473. The summed E-state index contributed by atoms with van der Waals surface area (Å²) in [5.41, 5.74) is 2.04. The average Bonchev–Trinajstić information content (AvgIpc) is 2.97. The number of hydrogen-bond donors (Lipinski definition) is 1. The van der Waals surface area contributed by atoms with Crippen LogP contribution in [0.5, 0.6) is 11.5 Å². The smallest absolute Gasteiger partial charge is 0.243 e. The van der Waals surface area contributed by atoms with E-state index in [2.05, 4.69) is 5.32 Å². The standard InChI is InChI=1S/C32H38ClN3O6S/c1-23(2)34-32(38)28(20-24-10-5-4-6-11-24)35(22-25-12-7-8-13-27(25)33)31(37)14-9-17-36(43(3,39)40)26-15-16-29-30(21-26)42-19-18-41-29/h4-8,10-13,15-16,21,23,28H,9,14,17-20,22H2,1-3H3,(H,34,38)/t28-/m1/s1. The summed E-state index contributed by atoms with van der Waals surface area (Å²) in [6, 6.07) is 20.8. The van der Waals surface area contributed by atoms with Gasteiger partial charge in [-0.15, -0.1) is 0 Å². The zero-order valence-corrected chi connectivity index (χ0v) is 26.2. The quantitative estimate of drug-likeness (QED) is 0.291. The molecule has 1 aliphatic rings. The molecule has 1 atom stereocenters. The number of anilines is 1. The van der Waals surface area contributed by atoms with Crippen molar-refractivity contribution in [1.29, 1.82) is 0 Å². The Balaban J connectivity index is 1.58. The topological polar surface area (TPSA) is 105 Å². The van der Waals surface area contributed by atoms with Crippen molar-refractivity contribution in [2.75, 3.05) is 30.3 Å². The minimum atomic E-state index is -3.67. The van der Waals surface area contributed by atoms with Gasteiger partial charge in [0.1, 0.15) is 19.3 Å². The maximum Gasteiger partial charge on any atom is 0.243 e. The summed E-state index contributed by atoms with van der Waals surface area (Å²) in [7, 11) is -3.67. The van der Waals surface area contributed by atoms with Gasteiger partial charge in [0.2, 0.25) is 21.8 Å². The highest BCUT2D eigenvalue weighted by Crippen LogP contribution is 2.35. The molecule has 0 bridgehead atoms. The Kier molecular flexibility index (Phi) is 10.9. The van der Waals surface area contributed by atoms with E-state index in [4.69, 9.17) is 21.1 Å². The monoisotopic (exact) mass is 627 g/mol. The van der Waals surface area contributed by atoms with Gasteiger partial charge in [-0.2, -0.15) is 0 Å². The van der Waals surface area contributed by atoms with Gasteiger partial charge in [-0.1, -0.05) is 60.1 Å². The van der Waals surface area contributed by atoms with Crippen molar-refractivity contribution >= 4 is 39.1 Å². The van der Waals surface area contributed by atoms with Gasteiger partial charge in [0.25, 0.3) is 0 Å². The van der Waals surface area contributed by atoms with E-state index in [0.717, 1.165) is 11.8 Å². The summed E-state index contributed by atoms with van der Waals surface area (Å²) in [6.45, 7) is 4.73. The number of nitrogens with zero attached hydrogens (tertiary/aromatic N) is 2. The average molecular weight is 628 g/mol. The fraction of sp³-hybridized carbons (Fsp3) is 0.375. The molecule has 1 N–H and O–H groups in total. The molecule has 0 fully saturated rings. The van der Waals surface area contributed by atoms with E-state index < -0.39 is 16.1 Å². The van der Waals surface area contributed by atoms with Gasteiger partial charge in [-0.3, -0.25) is 13.9 Å². The number of fused-ring (bicyclic) bond motifs is 1. The second-order valence-electron chi connectivity index (χ2n) is 10.7. The number of benzene rings is 3. The highest BCUT2D eigenvalue weighted by Gasteiger charge is 2.31. The predicted octanol–water partition coefficient (Wildman–Crippen LogP) is 4.82. The van der Waals surface area contributed by atoms with Crippen LogP contribution < -0.4 is 19.1 Å². The van der Waals surface area contributed by atoms with Crippen molar-refractivity contribution < 1.29 is 27.5 Å². The van der Waals surface area contributed by atoms with E-state index >= 15 is 0 Å². The highest BCUT2D eigenvalue weighted by molar-refractivity contribution is 7.92. The first-order chi connectivity index (χ1) is 20.5. The third-order valence-corrected chi connectivity index (χ3v) is 8.53. The van der Waals surface area contributed by atoms with E-state index in [1.807, 2.05) is 62.4 Å². The minimum Gasteiger partial charge on any atom is -0.486 e. The molecule has 9 nitrogen and oxygen atoms in total. The molecule has 0 aromatic heterocycles. The number of sulfonamides is 1. The second kappa shape index (κ2) is 14.6. The molecular formula is C32H38ClN3O6S. The summed E-state index contributed by atoms with van der Waals surface area (Å²) in [4.78, 5) is 29.0. The van der Waals surface area contributed by atoms with Crippen LogP contribution in [-0.4, -0.2) is 63.2 Å². The number of carbonyl (C=O) groups excluding carboxylic acids is 2. The van der Waals surface area contributed by atoms with Crippen molar-refractivity contribution in [3.8, 4) is 11.5 Å². The molecule has 43 heavy (non-hydrogen) atoms. The van der Waals surface area contributed by atoms with Crippen LogP contribution in [-0.2, 0) is 32.6 Å². The van der Waals surface area contributed by atoms with E-state index in [-0.39, 0.29) is 43.8 Å². The summed E-state index contributed by atoms with van der Waals surface area (Å²) >= 11 is 6.49. The van der Waals surface area contributed by atoms with Gasteiger partial charge in [0.05, 0.1) is 11.9 Å². The highest BCUT2D eigenvalue weighted by atomic mass is 35.5. The van der Waals surface area contributed by atoms with Crippen molar-refractivity contribution in [1.82, 2.24) is 10.2 Å². The van der Waals surface area contributed by atoms with Crippen LogP contribution >= 0.6 is 11.6 Å². The molecule has 1 heterocycles. The molecule has 0 unspecified atom stereocenters. The van der Waals surface area contributed by atoms with Crippen LogP contribution in [0.4, 0.5) is 5.69 Å². The normalized spacial score (nSPS) is 13.3. The maximum atomic E-state index is 13.9. The molecule has 11 heteroatoms. The van der Waals surface area contributed by atoms with Gasteiger partial charge < -0.3 is 19.7 Å². The summed E-state index contributed by atoms with van der Waals surface area (Å²) in [6.07, 6.45) is 1.67. The van der Waals surface area contributed by atoms with E-state index in [9.17, 15) is 18.0 Å². The maximum absolute atomic E-state index is 13.9. The molecule has 0 aliphatic carbocycles. The number of ether oxygens (including phenoxy) is 2. The molecule has 2 amide bonds. The van der Waals surface area contributed by atoms with Crippen LogP contribution in [0.3, 0.4) is 0 Å². The lowest BCUT2D eigenvalue weighted by molar-refractivity contribution is -0.141. The van der Waals surface area contributed by atoms with Gasteiger partial charge in [-0.25, -0.2) is 8.42 Å².